The summed E-state index contributed by atoms with van der Waals surface area (Å²) in [6.45, 7) is 0.892. The van der Waals surface area contributed by atoms with Crippen LogP contribution in [0.2, 0.25) is 0 Å². The van der Waals surface area contributed by atoms with Gasteiger partial charge in [0.25, 0.3) is 0 Å². The second-order valence-electron chi connectivity index (χ2n) is 7.57. The number of carbonyl (C=O) groups excluding carboxylic acids is 2. The number of aliphatic imine (C=N–C) groups is 2. The first-order chi connectivity index (χ1) is 14.7. The minimum atomic E-state index is -0.531. The van der Waals surface area contributed by atoms with Crippen LogP contribution in [0.15, 0.2) is 70.6 Å². The number of hydrogen-bond acceptors (Lipinski definition) is 6. The molecule has 2 fully saturated rings. The summed E-state index contributed by atoms with van der Waals surface area (Å²) in [6, 6.07) is 19.7. The third kappa shape index (κ3) is 4.04. The third-order valence-electron chi connectivity index (χ3n) is 5.64. The zero-order valence-corrected chi connectivity index (χ0v) is 16.6. The summed E-state index contributed by atoms with van der Waals surface area (Å²) >= 11 is 0. The van der Waals surface area contributed by atoms with Gasteiger partial charge in [0, 0.05) is 11.4 Å². The molecule has 2 aromatic rings. The lowest BCUT2D eigenvalue weighted by molar-refractivity contribution is 0.549. The Bertz CT molecular complexity index is 953. The molecule has 150 valence electrons. The molecule has 6 nitrogen and oxygen atoms in total. The Morgan fingerprint density at radius 1 is 0.667 bits per heavy atom. The monoisotopic (exact) mass is 398 g/mol. The molecule has 0 N–H and O–H groups in total. The highest BCUT2D eigenvalue weighted by atomic mass is 16.1. The molecule has 0 unspecified atom stereocenters. The van der Waals surface area contributed by atoms with Crippen LogP contribution in [0.5, 0.6) is 0 Å². The number of nitrogens with zero attached hydrogens (tertiary/aromatic N) is 4. The number of rotatable bonds is 8. The van der Waals surface area contributed by atoms with E-state index in [0.29, 0.717) is 13.1 Å². The number of para-hydroxylation sites is 2. The first-order valence-electron chi connectivity index (χ1n) is 10.0. The van der Waals surface area contributed by atoms with Gasteiger partial charge in [-0.3, -0.25) is 0 Å². The van der Waals surface area contributed by atoms with Gasteiger partial charge >= 0.3 is 0 Å². The average Bonchev–Trinajstić information content (AvgIpc) is 3.71. The maximum Gasteiger partial charge on any atom is 0.237 e. The number of benzene rings is 2. The molecule has 0 heterocycles. The van der Waals surface area contributed by atoms with E-state index in [0.717, 1.165) is 37.1 Å². The van der Waals surface area contributed by atoms with Crippen LogP contribution in [-0.2, 0) is 9.59 Å². The van der Waals surface area contributed by atoms with E-state index in [1.165, 1.54) is 0 Å². The van der Waals surface area contributed by atoms with Crippen LogP contribution in [0.1, 0.15) is 25.7 Å². The zero-order valence-electron chi connectivity index (χ0n) is 16.6. The van der Waals surface area contributed by atoms with Crippen LogP contribution in [0.4, 0.5) is 11.4 Å². The summed E-state index contributed by atoms with van der Waals surface area (Å²) < 4.78 is 0. The highest BCUT2D eigenvalue weighted by Crippen LogP contribution is 2.45. The molecule has 0 aromatic heterocycles. The molecular weight excluding hydrogens is 376 g/mol. The van der Waals surface area contributed by atoms with E-state index < -0.39 is 11.3 Å². The molecule has 2 aliphatic carbocycles. The zero-order chi connectivity index (χ0) is 20.9. The van der Waals surface area contributed by atoms with Gasteiger partial charge in [0.15, 0.2) is 0 Å². The lowest BCUT2D eigenvalue weighted by Gasteiger charge is -2.29. The summed E-state index contributed by atoms with van der Waals surface area (Å²) in [5.41, 5.74) is 0.896. The number of hydrogen-bond donors (Lipinski definition) is 0. The molecule has 2 aliphatic rings. The Morgan fingerprint density at radius 2 is 1.03 bits per heavy atom. The van der Waals surface area contributed by atoms with Crippen molar-refractivity contribution in [3.63, 3.8) is 0 Å². The second kappa shape index (κ2) is 8.39. The molecule has 0 saturated heterocycles. The molecule has 0 spiro atoms. The lowest BCUT2D eigenvalue weighted by Crippen LogP contribution is -2.37. The van der Waals surface area contributed by atoms with E-state index in [-0.39, 0.29) is 0 Å². The van der Waals surface area contributed by atoms with Crippen molar-refractivity contribution in [1.29, 1.82) is 0 Å². The van der Waals surface area contributed by atoms with Gasteiger partial charge in [-0.15, -0.1) is 0 Å². The van der Waals surface area contributed by atoms with Gasteiger partial charge in [-0.2, -0.15) is 9.98 Å². The van der Waals surface area contributed by atoms with Gasteiger partial charge in [-0.25, -0.2) is 9.59 Å². The maximum atomic E-state index is 10.9. The van der Waals surface area contributed by atoms with Crippen LogP contribution in [0.3, 0.4) is 0 Å². The van der Waals surface area contributed by atoms with Crippen molar-refractivity contribution in [2.45, 2.75) is 37.0 Å². The Labute approximate surface area is 175 Å². The van der Waals surface area contributed by atoms with Crippen LogP contribution in [-0.4, -0.2) is 36.6 Å². The summed E-state index contributed by atoms with van der Waals surface area (Å²) in [5, 5.41) is 0. The second-order valence-corrected chi connectivity index (χ2v) is 7.57. The quantitative estimate of drug-likeness (QED) is 0.387. The van der Waals surface area contributed by atoms with Gasteiger partial charge in [0.05, 0.1) is 13.1 Å². The fourth-order valence-electron chi connectivity index (χ4n) is 3.72. The predicted molar refractivity (Wildman–Crippen MR) is 116 cm³/mol. The fourth-order valence-corrected chi connectivity index (χ4v) is 3.72. The molecule has 0 atom stereocenters. The molecule has 6 heteroatoms. The molecule has 0 amide bonds. The van der Waals surface area contributed by atoms with Crippen molar-refractivity contribution < 1.29 is 9.59 Å². The van der Waals surface area contributed by atoms with Gasteiger partial charge in [0.2, 0.25) is 12.2 Å². The Balaban J connectivity index is 1.54. The minimum absolute atomic E-state index is 0.446. The van der Waals surface area contributed by atoms with Crippen molar-refractivity contribution in [2.24, 2.45) is 9.98 Å². The number of anilines is 2. The standard InChI is InChI=1S/C24H22N4O2/c29-19-25-23(13-14-23)27(21-9-3-1-4-10-21)17-7-8-18-28(22-11-5-2-6-12-22)24(15-16-24)26-20-30/h1-6,9-12H,13-18H2. The predicted octanol–water partition coefficient (Wildman–Crippen LogP) is 3.65. The molecule has 0 radical (unpaired) electrons. The van der Waals surface area contributed by atoms with Crippen LogP contribution >= 0.6 is 0 Å². The van der Waals surface area contributed by atoms with Crippen molar-refractivity contribution in [1.82, 2.24) is 0 Å². The van der Waals surface area contributed by atoms with E-state index in [4.69, 9.17) is 0 Å². The molecule has 2 aromatic carbocycles. The molecule has 4 rings (SSSR count). The summed E-state index contributed by atoms with van der Waals surface area (Å²) in [7, 11) is 0. The van der Waals surface area contributed by atoms with Crippen LogP contribution < -0.4 is 9.80 Å². The first kappa shape index (κ1) is 19.7. The summed E-state index contributed by atoms with van der Waals surface area (Å²) in [5.74, 6) is 6.47. The van der Waals surface area contributed by atoms with Crippen molar-refractivity contribution in [2.75, 3.05) is 22.9 Å². The van der Waals surface area contributed by atoms with E-state index >= 15 is 0 Å². The van der Waals surface area contributed by atoms with Gasteiger partial charge < -0.3 is 9.80 Å². The summed E-state index contributed by atoms with van der Waals surface area (Å²) in [6.07, 6.45) is 6.69. The van der Waals surface area contributed by atoms with Crippen molar-refractivity contribution >= 4 is 23.5 Å². The van der Waals surface area contributed by atoms with E-state index in [1.54, 1.807) is 12.2 Å². The van der Waals surface area contributed by atoms with Gasteiger partial charge in [-0.1, -0.05) is 48.2 Å². The Morgan fingerprint density at radius 3 is 1.33 bits per heavy atom. The van der Waals surface area contributed by atoms with Crippen LogP contribution in [0.25, 0.3) is 0 Å². The van der Waals surface area contributed by atoms with Gasteiger partial charge in [0.1, 0.15) is 11.3 Å². The van der Waals surface area contributed by atoms with E-state index in [9.17, 15) is 9.59 Å². The SMILES string of the molecule is O=C=NC1(N(CC#CCN(c2ccccc2)C2(N=C=O)CC2)c2ccccc2)CC1. The van der Waals surface area contributed by atoms with Crippen molar-refractivity contribution in [3.05, 3.63) is 60.7 Å². The van der Waals surface area contributed by atoms with E-state index in [1.807, 2.05) is 60.7 Å². The molecular formula is C24H22N4O2. The van der Waals surface area contributed by atoms with Crippen LogP contribution in [0, 0.1) is 11.8 Å². The third-order valence-corrected chi connectivity index (χ3v) is 5.64. The summed E-state index contributed by atoms with van der Waals surface area (Å²) in [4.78, 5) is 34.2. The van der Waals surface area contributed by atoms with Crippen molar-refractivity contribution in [3.8, 4) is 11.8 Å². The van der Waals surface area contributed by atoms with E-state index in [2.05, 4.69) is 31.6 Å². The minimum Gasteiger partial charge on any atom is -0.335 e. The Hall–Kier alpha value is -3.64. The normalized spacial score (nSPS) is 16.7. The average molecular weight is 398 g/mol. The first-order valence-corrected chi connectivity index (χ1v) is 10.0. The smallest absolute Gasteiger partial charge is 0.237 e. The Kier molecular flexibility index (Phi) is 5.50. The van der Waals surface area contributed by atoms with Gasteiger partial charge in [-0.05, 0) is 49.9 Å². The maximum absolute atomic E-state index is 10.9. The molecule has 0 bridgehead atoms. The highest BCUT2D eigenvalue weighted by Gasteiger charge is 2.49. The number of isocyanates is 2. The fraction of sp³-hybridized carbons (Fsp3) is 0.333. The molecule has 2 saturated carbocycles. The largest absolute Gasteiger partial charge is 0.335 e. The lowest BCUT2D eigenvalue weighted by atomic mass is 10.2. The molecule has 30 heavy (non-hydrogen) atoms. The molecule has 0 aliphatic heterocycles. The highest BCUT2D eigenvalue weighted by molar-refractivity contribution is 5.55. The topological polar surface area (TPSA) is 65.3 Å².